The number of benzene rings is 3. The number of nitrogens with one attached hydrogen (secondary N) is 2. The van der Waals surface area contributed by atoms with Gasteiger partial charge in [0.05, 0.1) is 59.2 Å². The van der Waals surface area contributed by atoms with Gasteiger partial charge in [0.1, 0.15) is 0 Å². The Bertz CT molecular complexity index is 1150. The van der Waals surface area contributed by atoms with E-state index in [9.17, 15) is 9.59 Å². The van der Waals surface area contributed by atoms with Gasteiger partial charge in [0.25, 0.3) is 0 Å². The smallest absolute Gasteiger partial charge is 0.337 e. The number of esters is 2. The molecule has 0 radical (unpaired) electrons. The second kappa shape index (κ2) is 11.8. The third-order valence-corrected chi connectivity index (χ3v) is 5.17. The summed E-state index contributed by atoms with van der Waals surface area (Å²) < 4.78 is 9.41. The molecule has 0 spiro atoms. The molecular formula is C24H20Cl2N4O4. The van der Waals surface area contributed by atoms with Crippen molar-refractivity contribution in [3.8, 4) is 0 Å². The van der Waals surface area contributed by atoms with Gasteiger partial charge in [0.15, 0.2) is 0 Å². The molecule has 3 aromatic carbocycles. The van der Waals surface area contributed by atoms with Crippen molar-refractivity contribution in [2.45, 2.75) is 0 Å². The number of hydrogen-bond donors (Lipinski definition) is 2. The second-order valence-corrected chi connectivity index (χ2v) is 7.59. The minimum absolute atomic E-state index is 0.361. The fourth-order valence-electron chi connectivity index (χ4n) is 2.73. The molecule has 0 saturated heterocycles. The molecule has 174 valence electrons. The number of anilines is 2. The van der Waals surface area contributed by atoms with Gasteiger partial charge in [-0.15, -0.1) is 0 Å². The van der Waals surface area contributed by atoms with Gasteiger partial charge in [-0.2, -0.15) is 10.2 Å². The number of carbonyl (C=O) groups is 2. The van der Waals surface area contributed by atoms with Gasteiger partial charge in [0, 0.05) is 0 Å². The van der Waals surface area contributed by atoms with E-state index in [1.165, 1.54) is 14.2 Å². The molecule has 0 amide bonds. The van der Waals surface area contributed by atoms with Crippen LogP contribution in [0.1, 0.15) is 31.8 Å². The average molecular weight is 499 g/mol. The van der Waals surface area contributed by atoms with Gasteiger partial charge < -0.3 is 9.47 Å². The quantitative estimate of drug-likeness (QED) is 0.243. The summed E-state index contributed by atoms with van der Waals surface area (Å²) >= 11 is 12.3. The van der Waals surface area contributed by atoms with Crippen LogP contribution in [-0.2, 0) is 9.47 Å². The van der Waals surface area contributed by atoms with Crippen molar-refractivity contribution in [3.05, 3.63) is 93.0 Å². The standard InChI is InChI=1S/C24H20Cl2N4O4/c1-33-23(31)17-7-9-19(25)21(11-17)29-27-13-15-3-5-16(6-4-15)14-28-30-22-12-18(24(32)34-2)8-10-20(22)26/h3-14,29-30H,1-2H3/b27-13-,28-14-. The molecular weight excluding hydrogens is 479 g/mol. The average Bonchev–Trinajstić information content (AvgIpc) is 2.86. The van der Waals surface area contributed by atoms with Crippen molar-refractivity contribution < 1.29 is 19.1 Å². The highest BCUT2D eigenvalue weighted by atomic mass is 35.5. The number of rotatable bonds is 8. The molecule has 0 heterocycles. The van der Waals surface area contributed by atoms with Crippen LogP contribution in [0.2, 0.25) is 10.0 Å². The third-order valence-electron chi connectivity index (χ3n) is 4.51. The van der Waals surface area contributed by atoms with Gasteiger partial charge in [0.2, 0.25) is 0 Å². The minimum Gasteiger partial charge on any atom is -0.465 e. The lowest BCUT2D eigenvalue weighted by Crippen LogP contribution is -2.02. The summed E-state index contributed by atoms with van der Waals surface area (Å²) in [4.78, 5) is 23.3. The van der Waals surface area contributed by atoms with E-state index in [4.69, 9.17) is 32.7 Å². The van der Waals surface area contributed by atoms with E-state index in [0.29, 0.717) is 32.5 Å². The van der Waals surface area contributed by atoms with Crippen molar-refractivity contribution in [1.82, 2.24) is 0 Å². The predicted octanol–water partition coefficient (Wildman–Crippen LogP) is 5.46. The van der Waals surface area contributed by atoms with Crippen LogP contribution < -0.4 is 10.9 Å². The molecule has 0 atom stereocenters. The molecule has 2 N–H and O–H groups in total. The van der Waals surface area contributed by atoms with Crippen LogP contribution in [0, 0.1) is 0 Å². The van der Waals surface area contributed by atoms with E-state index < -0.39 is 11.9 Å². The fourth-order valence-corrected chi connectivity index (χ4v) is 3.05. The van der Waals surface area contributed by atoms with Gasteiger partial charge in [-0.05, 0) is 47.5 Å². The lowest BCUT2D eigenvalue weighted by atomic mass is 10.2. The van der Waals surface area contributed by atoms with Gasteiger partial charge in [-0.3, -0.25) is 10.9 Å². The Morgan fingerprint density at radius 2 is 1.09 bits per heavy atom. The summed E-state index contributed by atoms with van der Waals surface area (Å²) in [5.74, 6) is -0.928. The van der Waals surface area contributed by atoms with Crippen molar-refractivity contribution in [3.63, 3.8) is 0 Å². The SMILES string of the molecule is COC(=O)c1ccc(Cl)c(N/N=C\c2ccc(/C=N\Nc3cc(C(=O)OC)ccc3Cl)cc2)c1. The molecule has 0 aromatic heterocycles. The number of halogens is 2. The zero-order chi connectivity index (χ0) is 24.5. The maximum Gasteiger partial charge on any atom is 0.337 e. The summed E-state index contributed by atoms with van der Waals surface area (Å²) in [5, 5.41) is 9.15. The predicted molar refractivity (Wildman–Crippen MR) is 134 cm³/mol. The third kappa shape index (κ3) is 6.57. The Morgan fingerprint density at radius 1 is 0.706 bits per heavy atom. The van der Waals surface area contributed by atoms with E-state index in [0.717, 1.165) is 11.1 Å². The molecule has 34 heavy (non-hydrogen) atoms. The van der Waals surface area contributed by atoms with Crippen molar-refractivity contribution >= 4 is 58.9 Å². The first-order valence-corrected chi connectivity index (χ1v) is 10.6. The normalized spacial score (nSPS) is 10.9. The topological polar surface area (TPSA) is 101 Å². The molecule has 8 nitrogen and oxygen atoms in total. The number of carbonyl (C=O) groups excluding carboxylic acids is 2. The number of hydrogen-bond acceptors (Lipinski definition) is 8. The maximum atomic E-state index is 11.7. The fraction of sp³-hybridized carbons (Fsp3) is 0.0833. The molecule has 3 aromatic rings. The van der Waals surface area contributed by atoms with E-state index in [1.807, 2.05) is 24.3 Å². The zero-order valence-electron chi connectivity index (χ0n) is 18.2. The molecule has 0 saturated carbocycles. The largest absolute Gasteiger partial charge is 0.465 e. The summed E-state index contributed by atoms with van der Waals surface area (Å²) in [6.45, 7) is 0. The second-order valence-electron chi connectivity index (χ2n) is 6.78. The highest BCUT2D eigenvalue weighted by Crippen LogP contribution is 2.24. The van der Waals surface area contributed by atoms with E-state index >= 15 is 0 Å². The van der Waals surface area contributed by atoms with Gasteiger partial charge in [-0.1, -0.05) is 47.5 Å². The van der Waals surface area contributed by atoms with E-state index in [2.05, 4.69) is 21.1 Å². The van der Waals surface area contributed by atoms with Crippen LogP contribution in [0.3, 0.4) is 0 Å². The monoisotopic (exact) mass is 498 g/mol. The Balaban J connectivity index is 1.61. The Hall–Kier alpha value is -3.88. The van der Waals surface area contributed by atoms with Crippen molar-refractivity contribution in [2.75, 3.05) is 25.1 Å². The van der Waals surface area contributed by atoms with E-state index in [-0.39, 0.29) is 0 Å². The summed E-state index contributed by atoms with van der Waals surface area (Å²) in [7, 11) is 2.62. The molecule has 0 aliphatic carbocycles. The molecule has 0 unspecified atom stereocenters. The minimum atomic E-state index is -0.464. The molecule has 0 aliphatic heterocycles. The Morgan fingerprint density at radius 3 is 1.44 bits per heavy atom. The lowest BCUT2D eigenvalue weighted by Gasteiger charge is -2.06. The number of hydrazone groups is 2. The van der Waals surface area contributed by atoms with Gasteiger partial charge >= 0.3 is 11.9 Å². The van der Waals surface area contributed by atoms with Crippen LogP contribution in [0.4, 0.5) is 11.4 Å². The van der Waals surface area contributed by atoms with Crippen LogP contribution in [-0.4, -0.2) is 38.6 Å². The molecule has 10 heteroatoms. The van der Waals surface area contributed by atoms with E-state index in [1.54, 1.807) is 48.8 Å². The first-order chi connectivity index (χ1) is 16.4. The molecule has 3 rings (SSSR count). The molecule has 0 fully saturated rings. The Kier molecular flexibility index (Phi) is 8.61. The summed E-state index contributed by atoms with van der Waals surface area (Å²) in [6, 6.07) is 16.8. The maximum absolute atomic E-state index is 11.7. The number of methoxy groups -OCH3 is 2. The van der Waals surface area contributed by atoms with Crippen LogP contribution >= 0.6 is 23.2 Å². The summed E-state index contributed by atoms with van der Waals surface area (Å²) in [5.41, 5.74) is 8.96. The van der Waals surface area contributed by atoms with Crippen molar-refractivity contribution in [1.29, 1.82) is 0 Å². The van der Waals surface area contributed by atoms with Crippen molar-refractivity contribution in [2.24, 2.45) is 10.2 Å². The van der Waals surface area contributed by atoms with Crippen LogP contribution in [0.25, 0.3) is 0 Å². The number of nitrogens with zero attached hydrogens (tertiary/aromatic N) is 2. The van der Waals surface area contributed by atoms with Crippen LogP contribution in [0.5, 0.6) is 0 Å². The first-order valence-electron chi connectivity index (χ1n) is 9.85. The first kappa shape index (κ1) is 24.8. The highest BCUT2D eigenvalue weighted by molar-refractivity contribution is 6.33. The molecule has 0 bridgehead atoms. The van der Waals surface area contributed by atoms with Gasteiger partial charge in [-0.25, -0.2) is 9.59 Å². The lowest BCUT2D eigenvalue weighted by molar-refractivity contribution is 0.0592. The Labute approximate surface area is 206 Å². The van der Waals surface area contributed by atoms with Crippen LogP contribution in [0.15, 0.2) is 70.9 Å². The number of ether oxygens (including phenoxy) is 2. The highest BCUT2D eigenvalue weighted by Gasteiger charge is 2.09. The molecule has 0 aliphatic rings. The zero-order valence-corrected chi connectivity index (χ0v) is 19.7. The summed E-state index contributed by atoms with van der Waals surface area (Å²) in [6.07, 6.45) is 3.22.